The van der Waals surface area contributed by atoms with Gasteiger partial charge in [0.05, 0.1) is 26.0 Å². The topological polar surface area (TPSA) is 76.6 Å². The molecule has 1 fully saturated rings. The number of benzene rings is 2. The van der Waals surface area contributed by atoms with Gasteiger partial charge >= 0.3 is 0 Å². The predicted octanol–water partition coefficient (Wildman–Crippen LogP) is 4.89. The van der Waals surface area contributed by atoms with Gasteiger partial charge in [0.15, 0.2) is 4.34 Å². The monoisotopic (exact) mass is 474 g/mol. The van der Waals surface area contributed by atoms with Crippen LogP contribution >= 0.6 is 23.1 Å². The summed E-state index contributed by atoms with van der Waals surface area (Å²) < 4.78 is 24.6. The van der Waals surface area contributed by atoms with Gasteiger partial charge in [-0.2, -0.15) is 0 Å². The van der Waals surface area contributed by atoms with Crippen LogP contribution in [0.2, 0.25) is 0 Å². The number of carbonyl (C=O) groups excluding carboxylic acids is 1. The van der Waals surface area contributed by atoms with Crippen molar-refractivity contribution in [3.63, 3.8) is 0 Å². The largest absolute Gasteiger partial charge is 0.497 e. The Labute approximate surface area is 193 Å². The van der Waals surface area contributed by atoms with E-state index in [1.165, 1.54) is 35.2 Å². The number of carbonyl (C=O) groups is 1. The minimum absolute atomic E-state index is 0.0433. The van der Waals surface area contributed by atoms with Gasteiger partial charge in [-0.05, 0) is 55.3 Å². The van der Waals surface area contributed by atoms with E-state index in [9.17, 15) is 9.18 Å². The molecule has 32 heavy (non-hydrogen) atoms. The van der Waals surface area contributed by atoms with Crippen molar-refractivity contribution >= 4 is 39.8 Å². The van der Waals surface area contributed by atoms with E-state index in [-0.39, 0.29) is 23.5 Å². The second-order valence-electron chi connectivity index (χ2n) is 7.15. The first-order valence-electron chi connectivity index (χ1n) is 10.1. The van der Waals surface area contributed by atoms with Crippen molar-refractivity contribution < 1.29 is 18.7 Å². The van der Waals surface area contributed by atoms with Crippen molar-refractivity contribution in [1.82, 2.24) is 15.1 Å². The number of methoxy groups -OCH3 is 2. The number of rotatable bonds is 8. The molecule has 1 aliphatic heterocycles. The fourth-order valence-corrected chi connectivity index (χ4v) is 5.33. The van der Waals surface area contributed by atoms with Crippen molar-refractivity contribution in [3.05, 3.63) is 53.8 Å². The average Bonchev–Trinajstić information content (AvgIpc) is 3.48. The Hall–Kier alpha value is -2.85. The number of likely N-dealkylation sites (tertiary alicyclic amines) is 1. The van der Waals surface area contributed by atoms with Crippen LogP contribution in [0.1, 0.15) is 24.4 Å². The quantitative estimate of drug-likeness (QED) is 0.466. The molecule has 1 aromatic heterocycles. The lowest BCUT2D eigenvalue weighted by Crippen LogP contribution is -2.32. The zero-order valence-corrected chi connectivity index (χ0v) is 19.3. The van der Waals surface area contributed by atoms with Crippen LogP contribution in [0.5, 0.6) is 11.5 Å². The highest BCUT2D eigenvalue weighted by atomic mass is 32.2. The molecule has 1 unspecified atom stereocenters. The van der Waals surface area contributed by atoms with Crippen molar-refractivity contribution in [2.24, 2.45) is 0 Å². The Bertz CT molecular complexity index is 1080. The summed E-state index contributed by atoms with van der Waals surface area (Å²) in [6, 6.07) is 11.6. The molecule has 4 rings (SSSR count). The lowest BCUT2D eigenvalue weighted by Gasteiger charge is -2.26. The van der Waals surface area contributed by atoms with Gasteiger partial charge in [-0.3, -0.25) is 4.79 Å². The molecular weight excluding hydrogens is 451 g/mol. The van der Waals surface area contributed by atoms with Crippen molar-refractivity contribution in [3.8, 4) is 11.5 Å². The third kappa shape index (κ3) is 5.13. The summed E-state index contributed by atoms with van der Waals surface area (Å²) in [5.41, 5.74) is 1.69. The lowest BCUT2D eigenvalue weighted by molar-refractivity contribution is -0.129. The smallest absolute Gasteiger partial charge is 0.233 e. The van der Waals surface area contributed by atoms with E-state index in [4.69, 9.17) is 9.47 Å². The molecular formula is C22H23FN4O3S2. The van der Waals surface area contributed by atoms with Gasteiger partial charge in [0.25, 0.3) is 0 Å². The maximum atomic E-state index is 13.0. The molecule has 1 N–H and O–H groups in total. The maximum Gasteiger partial charge on any atom is 0.233 e. The molecule has 10 heteroatoms. The molecule has 0 saturated carbocycles. The van der Waals surface area contributed by atoms with Crippen LogP contribution in [0.25, 0.3) is 0 Å². The van der Waals surface area contributed by atoms with Crippen LogP contribution in [0.15, 0.2) is 46.8 Å². The number of nitrogens with zero attached hydrogens (tertiary/aromatic N) is 3. The summed E-state index contributed by atoms with van der Waals surface area (Å²) in [5.74, 6) is 1.52. The van der Waals surface area contributed by atoms with E-state index in [0.29, 0.717) is 16.0 Å². The van der Waals surface area contributed by atoms with E-state index in [2.05, 4.69) is 15.5 Å². The van der Waals surface area contributed by atoms with Gasteiger partial charge in [-0.25, -0.2) is 4.39 Å². The standard InChI is InChI=1S/C22H23FN4O3S2/c1-29-16-9-10-19(30-2)17(12-16)18-4-3-11-27(18)20(28)13-31-22-26-25-21(32-22)24-15-7-5-14(23)6-8-15/h5-10,12,18H,3-4,11,13H2,1-2H3,(H,24,25). The van der Waals surface area contributed by atoms with E-state index < -0.39 is 0 Å². The second kappa shape index (κ2) is 10.2. The van der Waals surface area contributed by atoms with E-state index in [1.54, 1.807) is 26.4 Å². The molecule has 1 atom stereocenters. The molecule has 2 aromatic carbocycles. The number of ether oxygens (including phenoxy) is 2. The molecule has 0 aliphatic carbocycles. The molecule has 0 radical (unpaired) electrons. The molecule has 0 spiro atoms. The van der Waals surface area contributed by atoms with Crippen LogP contribution in [0.4, 0.5) is 15.2 Å². The number of hydrogen-bond donors (Lipinski definition) is 1. The highest BCUT2D eigenvalue weighted by molar-refractivity contribution is 8.01. The zero-order chi connectivity index (χ0) is 22.5. The first kappa shape index (κ1) is 22.3. The summed E-state index contributed by atoms with van der Waals surface area (Å²) in [6.07, 6.45) is 1.82. The first-order chi connectivity index (χ1) is 15.6. The van der Waals surface area contributed by atoms with Gasteiger partial charge in [-0.1, -0.05) is 23.1 Å². The third-order valence-electron chi connectivity index (χ3n) is 5.19. The van der Waals surface area contributed by atoms with Gasteiger partial charge in [0.2, 0.25) is 11.0 Å². The van der Waals surface area contributed by atoms with E-state index in [1.807, 2.05) is 23.1 Å². The van der Waals surface area contributed by atoms with Gasteiger partial charge in [0.1, 0.15) is 17.3 Å². The molecule has 1 amide bonds. The average molecular weight is 475 g/mol. The highest BCUT2D eigenvalue weighted by Crippen LogP contribution is 2.39. The second-order valence-corrected chi connectivity index (χ2v) is 9.35. The van der Waals surface area contributed by atoms with Crippen LogP contribution in [-0.4, -0.2) is 47.5 Å². The molecule has 168 valence electrons. The fraction of sp³-hybridized carbons (Fsp3) is 0.318. The Kier molecular flexibility index (Phi) is 7.11. The summed E-state index contributed by atoms with van der Waals surface area (Å²) in [5, 5.41) is 11.9. The SMILES string of the molecule is COc1ccc(OC)c(C2CCCN2C(=O)CSc2nnc(Nc3ccc(F)cc3)s2)c1. The number of hydrogen-bond acceptors (Lipinski definition) is 8. The Morgan fingerprint density at radius 3 is 2.78 bits per heavy atom. The minimum atomic E-state index is -0.297. The highest BCUT2D eigenvalue weighted by Gasteiger charge is 2.32. The van der Waals surface area contributed by atoms with Gasteiger partial charge in [0, 0.05) is 17.8 Å². The predicted molar refractivity (Wildman–Crippen MR) is 124 cm³/mol. The van der Waals surface area contributed by atoms with Crippen LogP contribution in [0, 0.1) is 5.82 Å². The minimum Gasteiger partial charge on any atom is -0.497 e. The third-order valence-corrected chi connectivity index (χ3v) is 7.15. The Morgan fingerprint density at radius 2 is 2.03 bits per heavy atom. The summed E-state index contributed by atoms with van der Waals surface area (Å²) >= 11 is 2.72. The van der Waals surface area contributed by atoms with E-state index in [0.717, 1.165) is 35.6 Å². The number of aromatic nitrogens is 2. The van der Waals surface area contributed by atoms with Crippen molar-refractivity contribution in [1.29, 1.82) is 0 Å². The first-order valence-corrected chi connectivity index (χ1v) is 11.9. The molecule has 1 aliphatic rings. The Balaban J connectivity index is 1.39. The summed E-state index contributed by atoms with van der Waals surface area (Å²) in [6.45, 7) is 0.706. The number of halogens is 1. The number of nitrogens with one attached hydrogen (secondary N) is 1. The lowest BCUT2D eigenvalue weighted by atomic mass is 10.0. The number of anilines is 2. The van der Waals surface area contributed by atoms with Crippen LogP contribution in [0.3, 0.4) is 0 Å². The van der Waals surface area contributed by atoms with Gasteiger partial charge in [-0.15, -0.1) is 10.2 Å². The summed E-state index contributed by atoms with van der Waals surface area (Å²) in [7, 11) is 3.26. The number of thioether (sulfide) groups is 1. The molecule has 3 aromatic rings. The van der Waals surface area contributed by atoms with Crippen molar-refractivity contribution in [2.75, 3.05) is 31.8 Å². The maximum absolute atomic E-state index is 13.0. The molecule has 0 bridgehead atoms. The van der Waals surface area contributed by atoms with Crippen molar-refractivity contribution in [2.45, 2.75) is 23.2 Å². The summed E-state index contributed by atoms with van der Waals surface area (Å²) in [4.78, 5) is 14.9. The van der Waals surface area contributed by atoms with Gasteiger partial charge < -0.3 is 19.7 Å². The Morgan fingerprint density at radius 1 is 1.22 bits per heavy atom. The van der Waals surface area contributed by atoms with E-state index >= 15 is 0 Å². The van der Waals surface area contributed by atoms with Crippen LogP contribution in [-0.2, 0) is 4.79 Å². The molecule has 2 heterocycles. The van der Waals surface area contributed by atoms with Crippen LogP contribution < -0.4 is 14.8 Å². The normalized spacial score (nSPS) is 15.6. The molecule has 7 nitrogen and oxygen atoms in total. The number of amides is 1. The zero-order valence-electron chi connectivity index (χ0n) is 17.7. The fourth-order valence-electron chi connectivity index (χ4n) is 3.67. The molecule has 1 saturated heterocycles.